The largest absolute Gasteiger partial charge is 0.485 e. The van der Waals surface area contributed by atoms with Crippen LogP contribution in [-0.2, 0) is 4.74 Å². The Morgan fingerprint density at radius 3 is 2.52 bits per heavy atom. The number of amides is 1. The summed E-state index contributed by atoms with van der Waals surface area (Å²) in [5.41, 5.74) is 1.47. The van der Waals surface area contributed by atoms with E-state index in [1.54, 1.807) is 6.07 Å². The maximum absolute atomic E-state index is 13.7. The summed E-state index contributed by atoms with van der Waals surface area (Å²) in [7, 11) is 0. The number of halogens is 1. The maximum atomic E-state index is 13.7. The third-order valence-corrected chi connectivity index (χ3v) is 6.15. The number of rotatable bonds is 5. The molecule has 0 aromatic heterocycles. The lowest BCUT2D eigenvalue weighted by Gasteiger charge is -2.16. The smallest absolute Gasteiger partial charge is 0.339 e. The van der Waals surface area contributed by atoms with Gasteiger partial charge in [-0.1, -0.05) is 30.3 Å². The highest BCUT2D eigenvalue weighted by Gasteiger charge is 2.54. The Morgan fingerprint density at radius 1 is 1.14 bits per heavy atom. The molecule has 29 heavy (non-hydrogen) atoms. The van der Waals surface area contributed by atoms with Crippen LogP contribution in [0.15, 0.2) is 42.5 Å². The minimum Gasteiger partial charge on any atom is -0.485 e. The molecule has 0 bridgehead atoms. The van der Waals surface area contributed by atoms with Crippen LogP contribution in [0.4, 0.5) is 4.39 Å². The number of carboxylic acid groups (broad SMARTS) is 1. The molecule has 0 spiro atoms. The first-order valence-corrected chi connectivity index (χ1v) is 9.66. The van der Waals surface area contributed by atoms with Crippen molar-refractivity contribution in [1.29, 1.82) is 0 Å². The molecular weight excluding hydrogens is 377 g/mol. The van der Waals surface area contributed by atoms with E-state index in [9.17, 15) is 19.1 Å². The van der Waals surface area contributed by atoms with Gasteiger partial charge in [0.15, 0.2) is 0 Å². The minimum absolute atomic E-state index is 0.0672. The summed E-state index contributed by atoms with van der Waals surface area (Å²) in [6, 6.07) is 12.3. The maximum Gasteiger partial charge on any atom is 0.339 e. The summed E-state index contributed by atoms with van der Waals surface area (Å²) in [5.74, 6) is -1.20. The van der Waals surface area contributed by atoms with Crippen molar-refractivity contribution >= 4 is 11.9 Å². The number of benzene rings is 2. The Bertz CT molecular complexity index is 969. The first-order chi connectivity index (χ1) is 14.1. The lowest BCUT2D eigenvalue weighted by molar-refractivity contribution is 0.0689. The Hall–Kier alpha value is -2.93. The number of carboxylic acids is 1. The van der Waals surface area contributed by atoms with E-state index < -0.39 is 24.7 Å². The van der Waals surface area contributed by atoms with E-state index in [0.29, 0.717) is 30.6 Å². The molecule has 2 aromatic carbocycles. The predicted molar refractivity (Wildman–Crippen MR) is 101 cm³/mol. The zero-order valence-electron chi connectivity index (χ0n) is 15.5. The zero-order valence-corrected chi connectivity index (χ0v) is 15.5. The average Bonchev–Trinajstić information content (AvgIpc) is 3.10. The fourth-order valence-electron chi connectivity index (χ4n) is 4.59. The Labute approximate surface area is 166 Å². The third kappa shape index (κ3) is 2.97. The molecule has 1 saturated heterocycles. The molecule has 1 amide bonds. The first-order valence-electron chi connectivity index (χ1n) is 9.66. The van der Waals surface area contributed by atoms with Gasteiger partial charge in [0.25, 0.3) is 5.91 Å². The van der Waals surface area contributed by atoms with E-state index in [1.165, 1.54) is 6.07 Å². The highest BCUT2D eigenvalue weighted by Crippen LogP contribution is 2.46. The van der Waals surface area contributed by atoms with Crippen molar-refractivity contribution in [2.24, 2.45) is 11.8 Å². The van der Waals surface area contributed by atoms with Crippen LogP contribution in [0.3, 0.4) is 0 Å². The zero-order chi connectivity index (χ0) is 20.1. The second-order valence-corrected chi connectivity index (χ2v) is 7.81. The first kappa shape index (κ1) is 18.1. The van der Waals surface area contributed by atoms with Gasteiger partial charge in [-0.3, -0.25) is 4.79 Å². The number of fused-ring (bicyclic) bond motifs is 2. The van der Waals surface area contributed by atoms with Crippen LogP contribution in [0.25, 0.3) is 0 Å². The van der Waals surface area contributed by atoms with Gasteiger partial charge >= 0.3 is 5.97 Å². The van der Waals surface area contributed by atoms with Gasteiger partial charge in [0, 0.05) is 29.0 Å². The van der Waals surface area contributed by atoms with E-state index in [4.69, 9.17) is 9.47 Å². The number of carbonyl (C=O) groups excluding carboxylic acids is 1. The van der Waals surface area contributed by atoms with E-state index in [2.05, 4.69) is 5.32 Å². The lowest BCUT2D eigenvalue weighted by Crippen LogP contribution is -2.30. The number of aromatic carboxylic acids is 1. The number of alkyl halides is 1. The van der Waals surface area contributed by atoms with Crippen LogP contribution in [0.5, 0.6) is 5.75 Å². The summed E-state index contributed by atoms with van der Waals surface area (Å²) < 4.78 is 24.8. The fourth-order valence-corrected chi connectivity index (χ4v) is 4.59. The Morgan fingerprint density at radius 2 is 1.86 bits per heavy atom. The van der Waals surface area contributed by atoms with Gasteiger partial charge in [-0.25, -0.2) is 9.18 Å². The molecule has 2 fully saturated rings. The molecule has 2 N–H and O–H groups in total. The van der Waals surface area contributed by atoms with Crippen molar-refractivity contribution in [2.75, 3.05) is 19.9 Å². The van der Waals surface area contributed by atoms with Crippen molar-refractivity contribution < 1.29 is 28.6 Å². The SMILES string of the molecule is O=C(NC1C2COCC21)c1cc(C(=O)O)c2c(c1)C(c1ccccc1)C(CF)O2. The second-order valence-electron chi connectivity index (χ2n) is 7.81. The molecule has 4 atom stereocenters. The normalized spacial score (nSPS) is 28.9. The summed E-state index contributed by atoms with van der Waals surface area (Å²) >= 11 is 0. The van der Waals surface area contributed by atoms with Gasteiger partial charge in [-0.2, -0.15) is 0 Å². The quantitative estimate of drug-likeness (QED) is 0.810. The molecule has 6 nitrogen and oxygen atoms in total. The molecular formula is C22H20FNO5. The topological polar surface area (TPSA) is 84.9 Å². The molecule has 0 radical (unpaired) electrons. The Balaban J connectivity index is 1.53. The van der Waals surface area contributed by atoms with E-state index in [0.717, 1.165) is 5.56 Å². The third-order valence-electron chi connectivity index (χ3n) is 6.15. The van der Waals surface area contributed by atoms with E-state index >= 15 is 0 Å². The highest BCUT2D eigenvalue weighted by atomic mass is 19.1. The van der Waals surface area contributed by atoms with Gasteiger partial charge < -0.3 is 19.9 Å². The van der Waals surface area contributed by atoms with E-state index in [-0.39, 0.29) is 28.8 Å². The highest BCUT2D eigenvalue weighted by molar-refractivity contribution is 6.00. The molecule has 1 aliphatic carbocycles. The van der Waals surface area contributed by atoms with Crippen LogP contribution < -0.4 is 10.1 Å². The van der Waals surface area contributed by atoms with Crippen LogP contribution in [0.1, 0.15) is 37.8 Å². The average molecular weight is 397 g/mol. The summed E-state index contributed by atoms with van der Waals surface area (Å²) in [6.07, 6.45) is -0.830. The molecule has 2 aliphatic heterocycles. The van der Waals surface area contributed by atoms with Gasteiger partial charge in [-0.15, -0.1) is 0 Å². The molecule has 7 heteroatoms. The van der Waals surface area contributed by atoms with Crippen LogP contribution in [0.2, 0.25) is 0 Å². The molecule has 5 rings (SSSR count). The molecule has 1 saturated carbocycles. The van der Waals surface area contributed by atoms with Crippen molar-refractivity contribution in [3.8, 4) is 5.75 Å². The second kappa shape index (κ2) is 6.84. The van der Waals surface area contributed by atoms with Gasteiger partial charge in [0.05, 0.1) is 19.1 Å². The monoisotopic (exact) mass is 397 g/mol. The fraction of sp³-hybridized carbons (Fsp3) is 0.364. The van der Waals surface area contributed by atoms with Crippen LogP contribution >= 0.6 is 0 Å². The molecule has 3 aliphatic rings. The number of hydrogen-bond acceptors (Lipinski definition) is 4. The standard InChI is InChI=1S/C22H20FNO5/c23-8-17-18(11-4-2-1-3-5-11)13-6-12(7-14(22(26)27)20(13)29-17)21(25)24-19-15-9-28-10-16(15)19/h1-7,15-19H,8-10H2,(H,24,25)(H,26,27). The lowest BCUT2D eigenvalue weighted by atomic mass is 9.87. The van der Waals surface area contributed by atoms with Crippen molar-refractivity contribution in [1.82, 2.24) is 5.32 Å². The van der Waals surface area contributed by atoms with Crippen molar-refractivity contribution in [3.63, 3.8) is 0 Å². The molecule has 4 unspecified atom stereocenters. The summed E-state index contributed by atoms with van der Waals surface area (Å²) in [6.45, 7) is 0.519. The van der Waals surface area contributed by atoms with Crippen LogP contribution in [-0.4, -0.2) is 49.0 Å². The number of nitrogens with one attached hydrogen (secondary N) is 1. The van der Waals surface area contributed by atoms with Crippen LogP contribution in [0, 0.1) is 11.8 Å². The van der Waals surface area contributed by atoms with Gasteiger partial charge in [0.1, 0.15) is 24.1 Å². The molecule has 2 heterocycles. The number of ether oxygens (including phenoxy) is 2. The predicted octanol–water partition coefficient (Wildman–Crippen LogP) is 2.62. The van der Waals surface area contributed by atoms with E-state index in [1.807, 2.05) is 30.3 Å². The van der Waals surface area contributed by atoms with Gasteiger partial charge in [-0.05, 0) is 17.7 Å². The van der Waals surface area contributed by atoms with Crippen molar-refractivity contribution in [2.45, 2.75) is 18.1 Å². The Kier molecular flexibility index (Phi) is 4.28. The van der Waals surface area contributed by atoms with Gasteiger partial charge in [0.2, 0.25) is 0 Å². The number of carbonyl (C=O) groups is 2. The molecule has 150 valence electrons. The summed E-state index contributed by atoms with van der Waals surface area (Å²) in [4.78, 5) is 24.7. The minimum atomic E-state index is -1.21. The molecule has 2 aromatic rings. The summed E-state index contributed by atoms with van der Waals surface area (Å²) in [5, 5.41) is 12.7. The number of hydrogen-bond donors (Lipinski definition) is 2. The van der Waals surface area contributed by atoms with Crippen molar-refractivity contribution in [3.05, 3.63) is 64.7 Å².